The highest BCUT2D eigenvalue weighted by Gasteiger charge is 2.52. The monoisotopic (exact) mass is 352 g/mol. The lowest BCUT2D eigenvalue weighted by atomic mass is 9.63. The minimum absolute atomic E-state index is 0.0550. The third kappa shape index (κ3) is 4.86. The molecule has 0 amide bonds. The summed E-state index contributed by atoms with van der Waals surface area (Å²) in [6.07, 6.45) is 8.28. The van der Waals surface area contributed by atoms with Crippen molar-refractivity contribution in [2.45, 2.75) is 91.9 Å². The van der Waals surface area contributed by atoms with Crippen LogP contribution < -0.4 is 0 Å². The minimum atomic E-state index is -1.23. The molecule has 1 atom stereocenters. The Hall–Kier alpha value is -1.32. The van der Waals surface area contributed by atoms with Gasteiger partial charge in [-0.25, -0.2) is 4.79 Å². The lowest BCUT2D eigenvalue weighted by Gasteiger charge is -2.38. The first-order valence-electron chi connectivity index (χ1n) is 10.0. The number of hydrogen-bond donors (Lipinski definition) is 2. The van der Waals surface area contributed by atoms with E-state index in [1.54, 1.807) is 0 Å². The second-order valence-corrected chi connectivity index (χ2v) is 7.83. The van der Waals surface area contributed by atoms with Crippen molar-refractivity contribution >= 4 is 11.9 Å². The molecule has 144 valence electrons. The first kappa shape index (κ1) is 21.7. The van der Waals surface area contributed by atoms with Crippen LogP contribution in [0.25, 0.3) is 0 Å². The van der Waals surface area contributed by atoms with Crippen LogP contribution in [0.4, 0.5) is 0 Å². The van der Waals surface area contributed by atoms with Crippen molar-refractivity contribution in [2.75, 3.05) is 0 Å². The number of aliphatic carboxylic acids is 2. The van der Waals surface area contributed by atoms with Gasteiger partial charge in [-0.05, 0) is 43.9 Å². The van der Waals surface area contributed by atoms with Gasteiger partial charge >= 0.3 is 11.9 Å². The quantitative estimate of drug-likeness (QED) is 0.470. The first-order valence-corrected chi connectivity index (χ1v) is 10.0. The van der Waals surface area contributed by atoms with Gasteiger partial charge in [0.1, 0.15) is 5.41 Å². The number of allylic oxidation sites excluding steroid dienone is 1. The molecule has 0 bridgehead atoms. The molecule has 1 fully saturated rings. The molecule has 0 aromatic heterocycles. The van der Waals surface area contributed by atoms with Crippen LogP contribution in [0.5, 0.6) is 0 Å². The SMILES string of the molecule is CCCCC(=C(C(=O)O)C(CCCC)(C(=O)O)C1CCCC1)C(C)C. The number of hydrogen-bond acceptors (Lipinski definition) is 2. The average Bonchev–Trinajstić information content (AvgIpc) is 3.07. The summed E-state index contributed by atoms with van der Waals surface area (Å²) in [6, 6.07) is 0. The predicted octanol–water partition coefficient (Wildman–Crippen LogP) is 5.67. The standard InChI is InChI=1S/C21H36O4/c1-5-7-13-17(15(3)4)18(19(22)23)21(20(24)25,14-8-6-2)16-11-9-10-12-16/h15-16H,5-14H2,1-4H3,(H,22,23)(H,24,25). The third-order valence-corrected chi connectivity index (χ3v) is 5.84. The first-order chi connectivity index (χ1) is 11.8. The van der Waals surface area contributed by atoms with E-state index in [4.69, 9.17) is 0 Å². The van der Waals surface area contributed by atoms with Crippen molar-refractivity contribution in [1.29, 1.82) is 0 Å². The highest BCUT2D eigenvalue weighted by Crippen LogP contribution is 2.50. The molecule has 0 aliphatic heterocycles. The fourth-order valence-corrected chi connectivity index (χ4v) is 4.48. The van der Waals surface area contributed by atoms with Gasteiger partial charge in [-0.15, -0.1) is 0 Å². The second-order valence-electron chi connectivity index (χ2n) is 7.83. The Bertz CT molecular complexity index is 486. The summed E-state index contributed by atoms with van der Waals surface area (Å²) in [4.78, 5) is 24.9. The maximum Gasteiger partial charge on any atom is 0.332 e. The zero-order valence-corrected chi connectivity index (χ0v) is 16.4. The molecule has 1 aliphatic rings. The van der Waals surface area contributed by atoms with E-state index in [1.165, 1.54) is 0 Å². The Labute approximate surface area is 152 Å². The molecular weight excluding hydrogens is 316 g/mol. The minimum Gasteiger partial charge on any atom is -0.481 e. The van der Waals surface area contributed by atoms with Crippen molar-refractivity contribution in [3.05, 3.63) is 11.1 Å². The van der Waals surface area contributed by atoms with Gasteiger partial charge in [0, 0.05) is 0 Å². The number of rotatable bonds is 11. The van der Waals surface area contributed by atoms with Crippen LogP contribution in [0.15, 0.2) is 11.1 Å². The van der Waals surface area contributed by atoms with Crippen LogP contribution >= 0.6 is 0 Å². The maximum absolute atomic E-state index is 12.6. The molecule has 0 radical (unpaired) electrons. The van der Waals surface area contributed by atoms with E-state index in [0.717, 1.165) is 56.9 Å². The molecule has 0 heterocycles. The lowest BCUT2D eigenvalue weighted by molar-refractivity contribution is -0.154. The summed E-state index contributed by atoms with van der Waals surface area (Å²) in [6.45, 7) is 8.10. The Morgan fingerprint density at radius 3 is 2.00 bits per heavy atom. The van der Waals surface area contributed by atoms with Crippen LogP contribution in [-0.2, 0) is 9.59 Å². The molecule has 0 saturated heterocycles. The fourth-order valence-electron chi connectivity index (χ4n) is 4.48. The molecule has 4 nitrogen and oxygen atoms in total. The molecule has 0 aromatic carbocycles. The van der Waals surface area contributed by atoms with Gasteiger partial charge in [0.05, 0.1) is 5.57 Å². The van der Waals surface area contributed by atoms with Crippen LogP contribution in [0.1, 0.15) is 91.9 Å². The molecular formula is C21H36O4. The average molecular weight is 353 g/mol. The van der Waals surface area contributed by atoms with Crippen LogP contribution in [-0.4, -0.2) is 22.2 Å². The molecule has 0 spiro atoms. The Morgan fingerprint density at radius 2 is 1.60 bits per heavy atom. The lowest BCUT2D eigenvalue weighted by Crippen LogP contribution is -2.43. The zero-order chi connectivity index (χ0) is 19.0. The number of carboxylic acid groups (broad SMARTS) is 2. The predicted molar refractivity (Wildman–Crippen MR) is 101 cm³/mol. The van der Waals surface area contributed by atoms with Crippen LogP contribution in [0.3, 0.4) is 0 Å². The maximum atomic E-state index is 12.6. The summed E-state index contributed by atoms with van der Waals surface area (Å²) in [5.74, 6) is -1.96. The molecule has 0 aromatic rings. The van der Waals surface area contributed by atoms with Gasteiger partial charge in [0.25, 0.3) is 0 Å². The largest absolute Gasteiger partial charge is 0.481 e. The van der Waals surface area contributed by atoms with E-state index in [2.05, 4.69) is 6.92 Å². The molecule has 1 unspecified atom stereocenters. The van der Waals surface area contributed by atoms with E-state index >= 15 is 0 Å². The van der Waals surface area contributed by atoms with Crippen molar-refractivity contribution in [2.24, 2.45) is 17.3 Å². The van der Waals surface area contributed by atoms with Gasteiger partial charge < -0.3 is 10.2 Å². The van der Waals surface area contributed by atoms with Gasteiger partial charge in [0.2, 0.25) is 0 Å². The zero-order valence-electron chi connectivity index (χ0n) is 16.4. The third-order valence-electron chi connectivity index (χ3n) is 5.84. The van der Waals surface area contributed by atoms with E-state index < -0.39 is 17.4 Å². The van der Waals surface area contributed by atoms with Crippen molar-refractivity contribution in [3.63, 3.8) is 0 Å². The van der Waals surface area contributed by atoms with Crippen molar-refractivity contribution in [1.82, 2.24) is 0 Å². The fraction of sp³-hybridized carbons (Fsp3) is 0.810. The Kier molecular flexibility index (Phi) is 8.67. The molecule has 1 rings (SSSR count). The smallest absolute Gasteiger partial charge is 0.332 e. The molecule has 1 saturated carbocycles. The van der Waals surface area contributed by atoms with E-state index in [9.17, 15) is 19.8 Å². The Morgan fingerprint density at radius 1 is 1.04 bits per heavy atom. The summed E-state index contributed by atoms with van der Waals surface area (Å²) in [7, 11) is 0. The number of carbonyl (C=O) groups is 2. The van der Waals surface area contributed by atoms with Gasteiger partial charge in [-0.2, -0.15) is 0 Å². The number of carboxylic acids is 2. The summed E-state index contributed by atoms with van der Waals surface area (Å²) < 4.78 is 0. The topological polar surface area (TPSA) is 74.6 Å². The van der Waals surface area contributed by atoms with Crippen molar-refractivity contribution < 1.29 is 19.8 Å². The van der Waals surface area contributed by atoms with Crippen molar-refractivity contribution in [3.8, 4) is 0 Å². The van der Waals surface area contributed by atoms with E-state index in [1.807, 2.05) is 20.8 Å². The highest BCUT2D eigenvalue weighted by atomic mass is 16.4. The van der Waals surface area contributed by atoms with Gasteiger partial charge in [0.15, 0.2) is 0 Å². The molecule has 1 aliphatic carbocycles. The van der Waals surface area contributed by atoms with E-state index in [0.29, 0.717) is 12.8 Å². The molecule has 4 heteroatoms. The number of unbranched alkanes of at least 4 members (excludes halogenated alkanes) is 2. The summed E-state index contributed by atoms with van der Waals surface area (Å²) in [5, 5.41) is 20.4. The van der Waals surface area contributed by atoms with Crippen LogP contribution in [0.2, 0.25) is 0 Å². The normalized spacial score (nSPS) is 18.9. The van der Waals surface area contributed by atoms with Gasteiger partial charge in [-0.3, -0.25) is 4.79 Å². The summed E-state index contributed by atoms with van der Waals surface area (Å²) in [5.41, 5.74) is -0.172. The van der Waals surface area contributed by atoms with E-state index in [-0.39, 0.29) is 17.4 Å². The molecule has 2 N–H and O–H groups in total. The van der Waals surface area contributed by atoms with Gasteiger partial charge in [-0.1, -0.05) is 65.4 Å². The van der Waals surface area contributed by atoms with Crippen LogP contribution in [0, 0.1) is 17.3 Å². The summed E-state index contributed by atoms with van der Waals surface area (Å²) >= 11 is 0. The second kappa shape index (κ2) is 9.98. The highest BCUT2D eigenvalue weighted by molar-refractivity contribution is 5.97. The molecule has 25 heavy (non-hydrogen) atoms. The Balaban J connectivity index is 3.61.